The van der Waals surface area contributed by atoms with Crippen LogP contribution >= 0.6 is 11.6 Å². The molecule has 2 heterocycles. The van der Waals surface area contributed by atoms with Crippen molar-refractivity contribution in [3.63, 3.8) is 0 Å². The second-order valence-electron chi connectivity index (χ2n) is 5.82. The molecule has 0 aliphatic heterocycles. The van der Waals surface area contributed by atoms with Gasteiger partial charge in [-0.25, -0.2) is 4.98 Å². The number of hydrogen-bond acceptors (Lipinski definition) is 6. The van der Waals surface area contributed by atoms with Gasteiger partial charge in [-0.3, -0.25) is 4.68 Å². The molecule has 3 rings (SSSR count). The van der Waals surface area contributed by atoms with E-state index in [1.54, 1.807) is 18.9 Å². The number of fused-ring (bicyclic) bond motifs is 1. The Morgan fingerprint density at radius 2 is 1.88 bits per heavy atom. The van der Waals surface area contributed by atoms with Crippen molar-refractivity contribution in [1.29, 1.82) is 0 Å². The SMILES string of the molecule is CCCCNc1nc(Cl)nc2cn(Cc3c(OC)cccc3OC)nc12. The second-order valence-corrected chi connectivity index (χ2v) is 6.16. The summed E-state index contributed by atoms with van der Waals surface area (Å²) in [4.78, 5) is 8.56. The molecule has 0 amide bonds. The van der Waals surface area contributed by atoms with Crippen LogP contribution in [0.3, 0.4) is 0 Å². The zero-order chi connectivity index (χ0) is 18.5. The molecular formula is C18H22ClN5O2. The van der Waals surface area contributed by atoms with Crippen LogP contribution in [0, 0.1) is 0 Å². The van der Waals surface area contributed by atoms with Crippen molar-refractivity contribution in [3.05, 3.63) is 35.2 Å². The van der Waals surface area contributed by atoms with E-state index >= 15 is 0 Å². The first kappa shape index (κ1) is 18.3. The predicted octanol–water partition coefficient (Wildman–Crippen LogP) is 3.76. The number of methoxy groups -OCH3 is 2. The van der Waals surface area contributed by atoms with Crippen LogP contribution in [0.1, 0.15) is 25.3 Å². The van der Waals surface area contributed by atoms with Crippen LogP contribution in [0.15, 0.2) is 24.4 Å². The summed E-state index contributed by atoms with van der Waals surface area (Å²) in [5.41, 5.74) is 2.29. The summed E-state index contributed by atoms with van der Waals surface area (Å²) in [5, 5.41) is 8.13. The quantitative estimate of drug-likeness (QED) is 0.477. The molecule has 0 spiro atoms. The zero-order valence-electron chi connectivity index (χ0n) is 15.1. The summed E-state index contributed by atoms with van der Waals surface area (Å²) < 4.78 is 12.7. The molecule has 138 valence electrons. The number of anilines is 1. The fourth-order valence-electron chi connectivity index (χ4n) is 2.76. The minimum absolute atomic E-state index is 0.200. The van der Waals surface area contributed by atoms with Crippen LogP contribution in [0.25, 0.3) is 11.0 Å². The molecule has 0 saturated carbocycles. The number of rotatable bonds is 8. The van der Waals surface area contributed by atoms with Crippen molar-refractivity contribution >= 4 is 28.5 Å². The molecule has 0 radical (unpaired) electrons. The Balaban J connectivity index is 1.96. The smallest absolute Gasteiger partial charge is 0.225 e. The summed E-state index contributed by atoms with van der Waals surface area (Å²) in [6.07, 6.45) is 3.99. The molecule has 3 aromatic rings. The highest BCUT2D eigenvalue weighted by Gasteiger charge is 2.15. The van der Waals surface area contributed by atoms with Crippen molar-refractivity contribution in [1.82, 2.24) is 19.7 Å². The lowest BCUT2D eigenvalue weighted by atomic mass is 10.1. The van der Waals surface area contributed by atoms with Crippen LogP contribution in [-0.4, -0.2) is 40.5 Å². The van der Waals surface area contributed by atoms with Crippen LogP contribution < -0.4 is 14.8 Å². The number of hydrogen-bond donors (Lipinski definition) is 1. The third-order valence-electron chi connectivity index (χ3n) is 4.06. The monoisotopic (exact) mass is 375 g/mol. The van der Waals surface area contributed by atoms with Crippen molar-refractivity contribution in [2.45, 2.75) is 26.3 Å². The molecule has 2 aromatic heterocycles. The molecule has 26 heavy (non-hydrogen) atoms. The topological polar surface area (TPSA) is 74.1 Å². The van der Waals surface area contributed by atoms with E-state index in [0.717, 1.165) is 36.4 Å². The van der Waals surface area contributed by atoms with Gasteiger partial charge in [0.2, 0.25) is 5.28 Å². The molecule has 1 N–H and O–H groups in total. The lowest BCUT2D eigenvalue weighted by molar-refractivity contribution is 0.382. The number of nitrogens with one attached hydrogen (secondary N) is 1. The van der Waals surface area contributed by atoms with E-state index in [0.29, 0.717) is 23.4 Å². The summed E-state index contributed by atoms with van der Waals surface area (Å²) in [5.74, 6) is 2.14. The molecule has 0 fully saturated rings. The van der Waals surface area contributed by atoms with Crippen LogP contribution in [-0.2, 0) is 6.54 Å². The molecule has 1 aromatic carbocycles. The highest BCUT2D eigenvalue weighted by Crippen LogP contribution is 2.29. The minimum atomic E-state index is 0.200. The number of nitrogens with zero attached hydrogens (tertiary/aromatic N) is 4. The first-order valence-corrected chi connectivity index (χ1v) is 8.88. The van der Waals surface area contributed by atoms with E-state index in [1.807, 2.05) is 24.4 Å². The lowest BCUT2D eigenvalue weighted by Crippen LogP contribution is -2.06. The van der Waals surface area contributed by atoms with E-state index in [4.69, 9.17) is 21.1 Å². The Morgan fingerprint density at radius 1 is 1.15 bits per heavy atom. The van der Waals surface area contributed by atoms with Gasteiger partial charge in [-0.2, -0.15) is 10.1 Å². The van der Waals surface area contributed by atoms with Gasteiger partial charge in [-0.15, -0.1) is 0 Å². The molecule has 0 unspecified atom stereocenters. The summed E-state index contributed by atoms with van der Waals surface area (Å²) in [6.45, 7) is 3.43. The van der Waals surface area contributed by atoms with Gasteiger partial charge in [0.1, 0.15) is 17.0 Å². The Bertz CT molecular complexity index is 874. The predicted molar refractivity (Wildman–Crippen MR) is 102 cm³/mol. The van der Waals surface area contributed by atoms with Gasteiger partial charge in [0, 0.05) is 6.54 Å². The van der Waals surface area contributed by atoms with Crippen molar-refractivity contribution in [3.8, 4) is 11.5 Å². The molecule has 7 nitrogen and oxygen atoms in total. The summed E-state index contributed by atoms with van der Waals surface area (Å²) in [6, 6.07) is 5.69. The van der Waals surface area contributed by atoms with E-state index < -0.39 is 0 Å². The third kappa shape index (κ3) is 3.83. The van der Waals surface area contributed by atoms with Gasteiger partial charge in [-0.05, 0) is 30.2 Å². The normalized spacial score (nSPS) is 10.9. The molecular weight excluding hydrogens is 354 g/mol. The average molecular weight is 376 g/mol. The van der Waals surface area contributed by atoms with Crippen molar-refractivity contribution < 1.29 is 9.47 Å². The number of benzene rings is 1. The average Bonchev–Trinajstić information content (AvgIpc) is 3.04. The lowest BCUT2D eigenvalue weighted by Gasteiger charge is -2.12. The van der Waals surface area contributed by atoms with E-state index in [1.165, 1.54) is 0 Å². The van der Waals surface area contributed by atoms with Gasteiger partial charge in [0.05, 0.1) is 32.5 Å². The standard InChI is InChI=1S/C18H22ClN5O2/c1-4-5-9-20-17-16-13(21-18(19)22-17)11-24(23-16)10-12-14(25-2)7-6-8-15(12)26-3/h6-8,11H,4-5,9-10H2,1-3H3,(H,20,21,22). The van der Waals surface area contributed by atoms with E-state index in [-0.39, 0.29) is 5.28 Å². The zero-order valence-corrected chi connectivity index (χ0v) is 15.9. The molecule has 0 saturated heterocycles. The maximum Gasteiger partial charge on any atom is 0.225 e. The number of unbranched alkanes of at least 4 members (excludes halogenated alkanes) is 1. The van der Waals surface area contributed by atoms with Gasteiger partial charge in [0.15, 0.2) is 11.3 Å². The van der Waals surface area contributed by atoms with E-state index in [2.05, 4.69) is 27.3 Å². The largest absolute Gasteiger partial charge is 0.496 e. The third-order valence-corrected chi connectivity index (χ3v) is 4.23. The fourth-order valence-corrected chi connectivity index (χ4v) is 2.94. The van der Waals surface area contributed by atoms with E-state index in [9.17, 15) is 0 Å². The van der Waals surface area contributed by atoms with Gasteiger partial charge < -0.3 is 14.8 Å². The molecule has 0 aliphatic carbocycles. The number of halogens is 1. The van der Waals surface area contributed by atoms with Gasteiger partial charge in [0.25, 0.3) is 0 Å². The Morgan fingerprint density at radius 3 is 2.54 bits per heavy atom. The fraction of sp³-hybridized carbons (Fsp3) is 0.389. The summed E-state index contributed by atoms with van der Waals surface area (Å²) in [7, 11) is 3.28. The van der Waals surface area contributed by atoms with Gasteiger partial charge >= 0.3 is 0 Å². The highest BCUT2D eigenvalue weighted by atomic mass is 35.5. The Kier molecular flexibility index (Phi) is 5.78. The first-order valence-electron chi connectivity index (χ1n) is 8.50. The Hall–Kier alpha value is -2.54. The summed E-state index contributed by atoms with van der Waals surface area (Å²) >= 11 is 6.06. The molecule has 0 atom stereocenters. The van der Waals surface area contributed by atoms with Crippen LogP contribution in [0.5, 0.6) is 11.5 Å². The highest BCUT2D eigenvalue weighted by molar-refractivity contribution is 6.28. The minimum Gasteiger partial charge on any atom is -0.496 e. The van der Waals surface area contributed by atoms with Crippen LogP contribution in [0.4, 0.5) is 5.82 Å². The number of ether oxygens (including phenoxy) is 2. The van der Waals surface area contributed by atoms with Crippen LogP contribution in [0.2, 0.25) is 5.28 Å². The maximum atomic E-state index is 6.06. The number of aromatic nitrogens is 4. The van der Waals surface area contributed by atoms with Crippen molar-refractivity contribution in [2.24, 2.45) is 0 Å². The maximum absolute atomic E-state index is 6.06. The molecule has 0 aliphatic rings. The second kappa shape index (κ2) is 8.23. The van der Waals surface area contributed by atoms with Crippen molar-refractivity contribution in [2.75, 3.05) is 26.1 Å². The Labute approximate surface area is 157 Å². The van der Waals surface area contributed by atoms with Gasteiger partial charge in [-0.1, -0.05) is 19.4 Å². The molecule has 0 bridgehead atoms. The first-order chi connectivity index (χ1) is 12.7. The molecule has 8 heteroatoms.